The van der Waals surface area contributed by atoms with Gasteiger partial charge in [-0.1, -0.05) is 23.7 Å². The smallest absolute Gasteiger partial charge is 0.375 e. The maximum absolute atomic E-state index is 12.5. The molecular formula is C12H13ClF3NO2. The molecule has 0 aliphatic heterocycles. The molecule has 1 N–H and O–H groups in total. The van der Waals surface area contributed by atoms with Crippen LogP contribution in [0.3, 0.4) is 0 Å². The van der Waals surface area contributed by atoms with Crippen LogP contribution in [0.1, 0.15) is 18.0 Å². The van der Waals surface area contributed by atoms with Crippen LogP contribution in [0.2, 0.25) is 5.02 Å². The van der Waals surface area contributed by atoms with E-state index in [9.17, 15) is 18.0 Å². The quantitative estimate of drug-likeness (QED) is 0.906. The van der Waals surface area contributed by atoms with Crippen molar-refractivity contribution in [2.45, 2.75) is 18.6 Å². The van der Waals surface area contributed by atoms with Crippen molar-refractivity contribution < 1.29 is 22.7 Å². The molecule has 0 spiro atoms. The minimum Gasteiger partial charge on any atom is -0.375 e. The SMILES string of the molecule is COCC(=O)NC(CC(F)(F)F)c1ccc(Cl)cc1. The van der Waals surface area contributed by atoms with Crippen molar-refractivity contribution >= 4 is 17.5 Å². The Morgan fingerprint density at radius 2 is 1.95 bits per heavy atom. The molecule has 3 nitrogen and oxygen atoms in total. The van der Waals surface area contributed by atoms with Crippen molar-refractivity contribution in [2.24, 2.45) is 0 Å². The van der Waals surface area contributed by atoms with Gasteiger partial charge in [0.15, 0.2) is 0 Å². The first-order chi connectivity index (χ1) is 8.81. The molecule has 7 heteroatoms. The van der Waals surface area contributed by atoms with Crippen LogP contribution < -0.4 is 5.32 Å². The molecule has 0 heterocycles. The van der Waals surface area contributed by atoms with E-state index in [2.05, 4.69) is 10.1 Å². The summed E-state index contributed by atoms with van der Waals surface area (Å²) in [6.45, 7) is -0.290. The Morgan fingerprint density at radius 3 is 2.42 bits per heavy atom. The molecule has 0 aliphatic carbocycles. The molecule has 0 saturated heterocycles. The number of hydrogen-bond donors (Lipinski definition) is 1. The number of rotatable bonds is 5. The van der Waals surface area contributed by atoms with E-state index in [-0.39, 0.29) is 6.61 Å². The number of benzene rings is 1. The zero-order chi connectivity index (χ0) is 14.5. The van der Waals surface area contributed by atoms with Gasteiger partial charge >= 0.3 is 6.18 Å². The molecule has 1 atom stereocenters. The van der Waals surface area contributed by atoms with Crippen molar-refractivity contribution in [3.8, 4) is 0 Å². The zero-order valence-corrected chi connectivity index (χ0v) is 10.9. The summed E-state index contributed by atoms with van der Waals surface area (Å²) >= 11 is 5.68. The third kappa shape index (κ3) is 5.94. The van der Waals surface area contributed by atoms with Crippen molar-refractivity contribution in [2.75, 3.05) is 13.7 Å². The molecule has 0 saturated carbocycles. The molecule has 19 heavy (non-hydrogen) atoms. The maximum Gasteiger partial charge on any atom is 0.391 e. The first-order valence-electron chi connectivity index (χ1n) is 5.42. The number of hydrogen-bond acceptors (Lipinski definition) is 2. The van der Waals surface area contributed by atoms with Crippen LogP contribution in [0.15, 0.2) is 24.3 Å². The monoisotopic (exact) mass is 295 g/mol. The summed E-state index contributed by atoms with van der Waals surface area (Å²) in [6, 6.07) is 4.70. The molecule has 1 aromatic rings. The van der Waals surface area contributed by atoms with Crippen molar-refractivity contribution in [3.05, 3.63) is 34.9 Å². The van der Waals surface area contributed by atoms with Gasteiger partial charge in [0.25, 0.3) is 0 Å². The van der Waals surface area contributed by atoms with Gasteiger partial charge in [-0.3, -0.25) is 4.79 Å². The van der Waals surface area contributed by atoms with Crippen molar-refractivity contribution in [1.82, 2.24) is 5.32 Å². The lowest BCUT2D eigenvalue weighted by atomic mass is 10.0. The van der Waals surface area contributed by atoms with Gasteiger partial charge in [-0.15, -0.1) is 0 Å². The summed E-state index contributed by atoms with van der Waals surface area (Å²) in [6.07, 6.45) is -5.53. The van der Waals surface area contributed by atoms with E-state index < -0.39 is 24.5 Å². The second-order valence-electron chi connectivity index (χ2n) is 3.92. The maximum atomic E-state index is 12.5. The van der Waals surface area contributed by atoms with E-state index in [0.29, 0.717) is 10.6 Å². The molecule has 0 fully saturated rings. The standard InChI is InChI=1S/C12H13ClF3NO2/c1-19-7-11(18)17-10(6-12(14,15)16)8-2-4-9(13)5-3-8/h2-5,10H,6-7H2,1H3,(H,17,18). The fraction of sp³-hybridized carbons (Fsp3) is 0.417. The van der Waals surface area contributed by atoms with Gasteiger partial charge in [-0.25, -0.2) is 0 Å². The molecule has 106 valence electrons. The van der Waals surface area contributed by atoms with E-state index in [1.165, 1.54) is 31.4 Å². The average Bonchev–Trinajstić information content (AvgIpc) is 2.27. The molecule has 1 unspecified atom stereocenters. The van der Waals surface area contributed by atoms with E-state index >= 15 is 0 Å². The molecule has 0 aliphatic rings. The van der Waals surface area contributed by atoms with Gasteiger partial charge in [0.2, 0.25) is 5.91 Å². The van der Waals surface area contributed by atoms with Crippen LogP contribution in [-0.4, -0.2) is 25.8 Å². The molecule has 0 radical (unpaired) electrons. The number of halogens is 4. The number of ether oxygens (including phenoxy) is 1. The highest BCUT2D eigenvalue weighted by molar-refractivity contribution is 6.30. The molecule has 0 bridgehead atoms. The summed E-state index contributed by atoms with van der Waals surface area (Å²) in [4.78, 5) is 11.4. The van der Waals surface area contributed by atoms with Gasteiger partial charge in [0, 0.05) is 12.1 Å². The Morgan fingerprint density at radius 1 is 1.37 bits per heavy atom. The van der Waals surface area contributed by atoms with E-state index in [4.69, 9.17) is 11.6 Å². The molecule has 1 aromatic carbocycles. The summed E-state index contributed by atoms with van der Waals surface area (Å²) < 4.78 is 42.1. The number of amides is 1. The Balaban J connectivity index is 2.85. The Labute approximate surface area is 113 Å². The van der Waals surface area contributed by atoms with Gasteiger partial charge in [-0.2, -0.15) is 13.2 Å². The van der Waals surface area contributed by atoms with Gasteiger partial charge < -0.3 is 10.1 Å². The Hall–Kier alpha value is -1.27. The predicted molar refractivity (Wildman–Crippen MR) is 64.9 cm³/mol. The normalized spacial score (nSPS) is 13.1. The van der Waals surface area contributed by atoms with Crippen LogP contribution in [-0.2, 0) is 9.53 Å². The van der Waals surface area contributed by atoms with Crippen molar-refractivity contribution in [1.29, 1.82) is 0 Å². The fourth-order valence-electron chi connectivity index (χ4n) is 1.55. The van der Waals surface area contributed by atoms with Gasteiger partial charge in [-0.05, 0) is 17.7 Å². The van der Waals surface area contributed by atoms with Crippen molar-refractivity contribution in [3.63, 3.8) is 0 Å². The lowest BCUT2D eigenvalue weighted by Gasteiger charge is -2.20. The minimum atomic E-state index is -4.38. The first-order valence-corrected chi connectivity index (χ1v) is 5.80. The number of nitrogens with one attached hydrogen (secondary N) is 1. The fourth-order valence-corrected chi connectivity index (χ4v) is 1.67. The van der Waals surface area contributed by atoms with Gasteiger partial charge in [0.1, 0.15) is 6.61 Å². The highest BCUT2D eigenvalue weighted by Gasteiger charge is 2.33. The van der Waals surface area contributed by atoms with E-state index in [1.54, 1.807) is 0 Å². The average molecular weight is 296 g/mol. The number of carbonyl (C=O) groups excluding carboxylic acids is 1. The van der Waals surface area contributed by atoms with Gasteiger partial charge in [0.05, 0.1) is 12.5 Å². The lowest BCUT2D eigenvalue weighted by Crippen LogP contribution is -2.34. The van der Waals surface area contributed by atoms with Crippen LogP contribution in [0.5, 0.6) is 0 Å². The van der Waals surface area contributed by atoms with E-state index in [0.717, 1.165) is 0 Å². The Kier molecular flexibility index (Phi) is 5.62. The highest BCUT2D eigenvalue weighted by atomic mass is 35.5. The summed E-state index contributed by atoms with van der Waals surface area (Å²) in [7, 11) is 1.29. The third-order valence-electron chi connectivity index (χ3n) is 2.32. The van der Waals surface area contributed by atoms with E-state index in [1.807, 2.05) is 0 Å². The summed E-state index contributed by atoms with van der Waals surface area (Å²) in [5.41, 5.74) is 0.339. The van der Waals surface area contributed by atoms with Crippen LogP contribution in [0, 0.1) is 0 Å². The second kappa shape index (κ2) is 6.77. The Bertz CT molecular complexity index is 420. The molecule has 1 rings (SSSR count). The number of carbonyl (C=O) groups is 1. The van der Waals surface area contributed by atoms with Crippen LogP contribution in [0.4, 0.5) is 13.2 Å². The molecular weight excluding hydrogens is 283 g/mol. The zero-order valence-electron chi connectivity index (χ0n) is 10.1. The first kappa shape index (κ1) is 15.8. The highest BCUT2D eigenvalue weighted by Crippen LogP contribution is 2.30. The molecule has 0 aromatic heterocycles. The topological polar surface area (TPSA) is 38.3 Å². The third-order valence-corrected chi connectivity index (χ3v) is 2.57. The largest absolute Gasteiger partial charge is 0.391 e. The molecule has 1 amide bonds. The summed E-state index contributed by atoms with van der Waals surface area (Å²) in [5, 5.41) is 2.70. The van der Waals surface area contributed by atoms with Crippen LogP contribution >= 0.6 is 11.6 Å². The number of methoxy groups -OCH3 is 1. The minimum absolute atomic E-state index is 0.290. The predicted octanol–water partition coefficient (Wildman–Crippen LogP) is 3.10. The number of alkyl halides is 3. The lowest BCUT2D eigenvalue weighted by molar-refractivity contribution is -0.143. The second-order valence-corrected chi connectivity index (χ2v) is 4.36. The van der Waals surface area contributed by atoms with Crippen LogP contribution in [0.25, 0.3) is 0 Å². The summed E-state index contributed by atoms with van der Waals surface area (Å²) in [5.74, 6) is -0.605.